The summed E-state index contributed by atoms with van der Waals surface area (Å²) in [5.74, 6) is 0.558. The van der Waals surface area contributed by atoms with Gasteiger partial charge >= 0.3 is 0 Å². The van der Waals surface area contributed by atoms with Crippen LogP contribution in [0, 0.1) is 5.92 Å². The fraction of sp³-hybridized carbons (Fsp3) is 0.375. The van der Waals surface area contributed by atoms with Crippen LogP contribution in [-0.4, -0.2) is 6.54 Å². The van der Waals surface area contributed by atoms with Crippen LogP contribution in [0.1, 0.15) is 31.7 Å². The van der Waals surface area contributed by atoms with Crippen LogP contribution in [0.5, 0.6) is 0 Å². The monoisotopic (exact) mass is 327 g/mol. The second-order valence-electron chi connectivity index (χ2n) is 5.11. The van der Waals surface area contributed by atoms with E-state index in [4.69, 9.17) is 23.2 Å². The number of hydrogen-bond acceptors (Lipinski definition) is 2. The van der Waals surface area contributed by atoms with E-state index in [-0.39, 0.29) is 0 Å². The van der Waals surface area contributed by atoms with Crippen LogP contribution in [0.15, 0.2) is 30.3 Å². The molecule has 0 fully saturated rings. The fourth-order valence-corrected chi connectivity index (χ4v) is 4.10. The molecule has 4 heteroatoms. The summed E-state index contributed by atoms with van der Waals surface area (Å²) in [5, 5.41) is 4.92. The van der Waals surface area contributed by atoms with Crippen molar-refractivity contribution in [1.29, 1.82) is 0 Å². The van der Waals surface area contributed by atoms with Crippen LogP contribution in [0.4, 0.5) is 0 Å². The van der Waals surface area contributed by atoms with E-state index in [0.29, 0.717) is 22.0 Å². The molecular formula is C16H19Cl2NS. The van der Waals surface area contributed by atoms with Gasteiger partial charge in [-0.25, -0.2) is 0 Å². The Labute approximate surface area is 134 Å². The summed E-state index contributed by atoms with van der Waals surface area (Å²) in [7, 11) is 0. The molecule has 0 saturated heterocycles. The molecule has 1 aromatic heterocycles. The topological polar surface area (TPSA) is 12.0 Å². The van der Waals surface area contributed by atoms with Crippen LogP contribution in [0.2, 0.25) is 10.0 Å². The normalized spacial score (nSPS) is 12.9. The second-order valence-corrected chi connectivity index (χ2v) is 7.06. The van der Waals surface area contributed by atoms with Gasteiger partial charge in [-0.15, -0.1) is 11.3 Å². The molecule has 1 aromatic carbocycles. The van der Waals surface area contributed by atoms with E-state index in [0.717, 1.165) is 12.1 Å². The Morgan fingerprint density at radius 2 is 1.90 bits per heavy atom. The molecule has 1 nitrogen and oxygen atoms in total. The number of nitrogens with one attached hydrogen (secondary N) is 1. The molecule has 1 heterocycles. The van der Waals surface area contributed by atoms with Crippen molar-refractivity contribution in [1.82, 2.24) is 5.32 Å². The zero-order chi connectivity index (χ0) is 14.7. The van der Waals surface area contributed by atoms with Crippen molar-refractivity contribution >= 4 is 34.5 Å². The van der Waals surface area contributed by atoms with E-state index in [9.17, 15) is 0 Å². The molecule has 2 rings (SSSR count). The molecule has 0 aliphatic heterocycles. The van der Waals surface area contributed by atoms with Gasteiger partial charge in [0.05, 0.1) is 5.02 Å². The van der Waals surface area contributed by atoms with Crippen LogP contribution < -0.4 is 5.32 Å². The third-order valence-electron chi connectivity index (χ3n) is 3.22. The van der Waals surface area contributed by atoms with Crippen LogP contribution in [-0.2, 0) is 0 Å². The van der Waals surface area contributed by atoms with Gasteiger partial charge < -0.3 is 5.32 Å². The zero-order valence-corrected chi connectivity index (χ0v) is 14.2. The van der Waals surface area contributed by atoms with Crippen LogP contribution in [0.25, 0.3) is 10.4 Å². The van der Waals surface area contributed by atoms with Gasteiger partial charge in [0.25, 0.3) is 0 Å². The molecule has 0 radical (unpaired) electrons. The summed E-state index contributed by atoms with van der Waals surface area (Å²) in [4.78, 5) is 2.54. The van der Waals surface area contributed by atoms with E-state index >= 15 is 0 Å². The molecule has 108 valence electrons. The third-order valence-corrected chi connectivity index (χ3v) is 4.97. The number of halogens is 2. The first-order valence-corrected chi connectivity index (χ1v) is 8.38. The lowest BCUT2D eigenvalue weighted by molar-refractivity contribution is 0.428. The molecule has 0 bridgehead atoms. The Morgan fingerprint density at radius 3 is 2.50 bits per heavy atom. The predicted octanol–water partition coefficient (Wildman–Crippen LogP) is 6.03. The molecule has 1 atom stereocenters. The number of benzene rings is 1. The highest BCUT2D eigenvalue weighted by Gasteiger charge is 2.17. The molecule has 0 aliphatic carbocycles. The van der Waals surface area contributed by atoms with E-state index in [1.165, 1.54) is 9.75 Å². The lowest BCUT2D eigenvalue weighted by Crippen LogP contribution is -2.24. The molecule has 0 amide bonds. The number of thiophene rings is 1. The minimum Gasteiger partial charge on any atom is -0.309 e. The minimum absolute atomic E-state index is 0.393. The van der Waals surface area contributed by atoms with Crippen molar-refractivity contribution in [3.05, 3.63) is 45.3 Å². The van der Waals surface area contributed by atoms with Crippen molar-refractivity contribution in [2.24, 2.45) is 5.92 Å². The van der Waals surface area contributed by atoms with Crippen LogP contribution >= 0.6 is 34.5 Å². The molecule has 0 saturated carbocycles. The highest BCUT2D eigenvalue weighted by molar-refractivity contribution is 7.15. The Hall–Kier alpha value is -0.540. The van der Waals surface area contributed by atoms with Crippen molar-refractivity contribution in [2.45, 2.75) is 26.8 Å². The van der Waals surface area contributed by atoms with Crippen molar-refractivity contribution in [2.75, 3.05) is 6.54 Å². The number of hydrogen-bond donors (Lipinski definition) is 1. The summed E-state index contributed by atoms with van der Waals surface area (Å²) in [5.41, 5.74) is 1.05. The lowest BCUT2D eigenvalue weighted by atomic mass is 10.0. The molecular weight excluding hydrogens is 309 g/mol. The highest BCUT2D eigenvalue weighted by atomic mass is 35.5. The highest BCUT2D eigenvalue weighted by Crippen LogP contribution is 2.38. The van der Waals surface area contributed by atoms with Gasteiger partial charge in [-0.05, 0) is 36.7 Å². The maximum Gasteiger partial charge on any atom is 0.0507 e. The van der Waals surface area contributed by atoms with Crippen molar-refractivity contribution < 1.29 is 0 Å². The molecule has 2 aromatic rings. The fourth-order valence-electron chi connectivity index (χ4n) is 2.24. The lowest BCUT2D eigenvalue weighted by Gasteiger charge is -2.20. The summed E-state index contributed by atoms with van der Waals surface area (Å²) in [6.07, 6.45) is 0. The largest absolute Gasteiger partial charge is 0.309 e. The summed E-state index contributed by atoms with van der Waals surface area (Å²) in [6.45, 7) is 7.59. The van der Waals surface area contributed by atoms with E-state index in [1.54, 1.807) is 17.4 Å². The quantitative estimate of drug-likeness (QED) is 0.707. The average Bonchev–Trinajstić information content (AvgIpc) is 2.84. The maximum absolute atomic E-state index is 6.28. The Balaban J connectivity index is 2.32. The van der Waals surface area contributed by atoms with Gasteiger partial charge in [0.15, 0.2) is 0 Å². The second kappa shape index (κ2) is 6.95. The van der Waals surface area contributed by atoms with Gasteiger partial charge in [-0.3, -0.25) is 0 Å². The van der Waals surface area contributed by atoms with E-state index in [1.807, 2.05) is 12.1 Å². The summed E-state index contributed by atoms with van der Waals surface area (Å²) >= 11 is 14.0. The van der Waals surface area contributed by atoms with E-state index in [2.05, 4.69) is 38.2 Å². The van der Waals surface area contributed by atoms with Gasteiger partial charge in [-0.1, -0.05) is 50.0 Å². The predicted molar refractivity (Wildman–Crippen MR) is 91.0 cm³/mol. The standard InChI is InChI=1S/C16H19Cl2NS/c1-4-19-16(10(2)3)15-8-7-14(20-15)12-6-5-11(17)9-13(12)18/h5-10,16,19H,4H2,1-3H3. The van der Waals surface area contributed by atoms with Gasteiger partial charge in [0.1, 0.15) is 0 Å². The Morgan fingerprint density at radius 1 is 1.15 bits per heavy atom. The van der Waals surface area contributed by atoms with Crippen LogP contribution in [0.3, 0.4) is 0 Å². The first-order valence-electron chi connectivity index (χ1n) is 6.81. The smallest absolute Gasteiger partial charge is 0.0507 e. The first-order chi connectivity index (χ1) is 9.52. The molecule has 0 spiro atoms. The maximum atomic E-state index is 6.28. The van der Waals surface area contributed by atoms with Crippen molar-refractivity contribution in [3.8, 4) is 10.4 Å². The third kappa shape index (κ3) is 3.56. The molecule has 1 unspecified atom stereocenters. The van der Waals surface area contributed by atoms with E-state index < -0.39 is 0 Å². The Kier molecular flexibility index (Phi) is 5.50. The molecule has 20 heavy (non-hydrogen) atoms. The average molecular weight is 328 g/mol. The molecule has 0 aliphatic rings. The van der Waals surface area contributed by atoms with Gasteiger partial charge in [0.2, 0.25) is 0 Å². The molecule has 1 N–H and O–H groups in total. The zero-order valence-electron chi connectivity index (χ0n) is 11.9. The van der Waals surface area contributed by atoms with Gasteiger partial charge in [-0.2, -0.15) is 0 Å². The minimum atomic E-state index is 0.393. The Bertz CT molecular complexity index is 578. The number of rotatable bonds is 5. The summed E-state index contributed by atoms with van der Waals surface area (Å²) < 4.78 is 0. The first kappa shape index (κ1) is 15.8. The summed E-state index contributed by atoms with van der Waals surface area (Å²) in [6, 6.07) is 10.4. The van der Waals surface area contributed by atoms with Gasteiger partial charge in [0, 0.05) is 26.4 Å². The SMILES string of the molecule is CCNC(c1ccc(-c2ccc(Cl)cc2Cl)s1)C(C)C. The van der Waals surface area contributed by atoms with Crippen molar-refractivity contribution in [3.63, 3.8) is 0 Å².